The first-order valence-corrected chi connectivity index (χ1v) is 9.91. The smallest absolute Gasteiger partial charge is 0.336 e. The van der Waals surface area contributed by atoms with Crippen LogP contribution in [-0.2, 0) is 6.42 Å². The summed E-state index contributed by atoms with van der Waals surface area (Å²) in [4.78, 5) is 35.7. The second kappa shape index (κ2) is 7.94. The van der Waals surface area contributed by atoms with E-state index in [1.165, 1.54) is 0 Å². The zero-order valence-electron chi connectivity index (χ0n) is 16.8. The summed E-state index contributed by atoms with van der Waals surface area (Å²) in [7, 11) is 0. The molecule has 4 rings (SSSR count). The summed E-state index contributed by atoms with van der Waals surface area (Å²) >= 11 is 0. The van der Waals surface area contributed by atoms with Gasteiger partial charge in [0.05, 0.1) is 5.56 Å². The van der Waals surface area contributed by atoms with E-state index in [0.717, 1.165) is 36.3 Å². The molecule has 0 aliphatic rings. The van der Waals surface area contributed by atoms with Gasteiger partial charge in [-0.1, -0.05) is 43.7 Å². The van der Waals surface area contributed by atoms with Crippen molar-refractivity contribution in [1.29, 1.82) is 0 Å². The quantitative estimate of drug-likeness (QED) is 0.505. The Labute approximate surface area is 173 Å². The van der Waals surface area contributed by atoms with Crippen LogP contribution >= 0.6 is 0 Å². The number of aromatic amines is 1. The van der Waals surface area contributed by atoms with Crippen molar-refractivity contribution in [3.05, 3.63) is 76.1 Å². The Morgan fingerprint density at radius 1 is 1.10 bits per heavy atom. The van der Waals surface area contributed by atoms with Crippen molar-refractivity contribution in [3.8, 4) is 16.8 Å². The minimum Gasteiger partial charge on any atom is -0.478 e. The fraction of sp³-hybridized carbons (Fsp3) is 0.217. The van der Waals surface area contributed by atoms with Crippen LogP contribution in [0.1, 0.15) is 41.8 Å². The average Bonchev–Trinajstić information content (AvgIpc) is 3.11. The molecule has 0 amide bonds. The van der Waals surface area contributed by atoms with Crippen LogP contribution < -0.4 is 5.56 Å². The van der Waals surface area contributed by atoms with Gasteiger partial charge in [0, 0.05) is 12.1 Å². The van der Waals surface area contributed by atoms with Crippen LogP contribution in [0.4, 0.5) is 0 Å². The lowest BCUT2D eigenvalue weighted by atomic mass is 9.99. The Balaban J connectivity index is 1.85. The van der Waals surface area contributed by atoms with Gasteiger partial charge < -0.3 is 10.1 Å². The number of unbranched alkanes of at least 4 members (excludes halogenated alkanes) is 1. The van der Waals surface area contributed by atoms with E-state index in [0.29, 0.717) is 22.6 Å². The van der Waals surface area contributed by atoms with E-state index >= 15 is 0 Å². The standard InChI is InChI=1S/C23H22N4O3/c1-3-4-9-19-26-20-21(24-14(2)25-22(20)28)27(19)16-12-10-15(11-13-16)17-7-5-6-8-18(17)23(29)30/h5-8,10-13H,3-4,9H2,1-2H3,(H,29,30)(H,24,25,28). The SMILES string of the molecule is CCCCc1nc2c(=O)[nH]c(C)nc2n1-c1ccc(-c2ccccc2C(=O)O)cc1. The lowest BCUT2D eigenvalue weighted by Gasteiger charge is -2.11. The Bertz CT molecular complexity index is 1290. The van der Waals surface area contributed by atoms with Gasteiger partial charge in [0.2, 0.25) is 0 Å². The number of aryl methyl sites for hydroxylation is 2. The molecule has 0 bridgehead atoms. The van der Waals surface area contributed by atoms with Gasteiger partial charge in [-0.3, -0.25) is 9.36 Å². The summed E-state index contributed by atoms with van der Waals surface area (Å²) in [5.41, 5.74) is 3.15. The molecule has 0 radical (unpaired) electrons. The van der Waals surface area contributed by atoms with Crippen LogP contribution in [0.5, 0.6) is 0 Å². The van der Waals surface area contributed by atoms with Crippen LogP contribution in [0.2, 0.25) is 0 Å². The number of fused-ring (bicyclic) bond motifs is 1. The Kier molecular flexibility index (Phi) is 5.18. The van der Waals surface area contributed by atoms with Crippen molar-refractivity contribution in [2.75, 3.05) is 0 Å². The molecule has 7 nitrogen and oxygen atoms in total. The summed E-state index contributed by atoms with van der Waals surface area (Å²) in [5.74, 6) is 0.355. The molecular weight excluding hydrogens is 380 g/mol. The minimum absolute atomic E-state index is 0.249. The third-order valence-corrected chi connectivity index (χ3v) is 5.05. The van der Waals surface area contributed by atoms with Crippen molar-refractivity contribution in [1.82, 2.24) is 19.5 Å². The summed E-state index contributed by atoms with van der Waals surface area (Å²) < 4.78 is 1.92. The van der Waals surface area contributed by atoms with Crippen LogP contribution in [0, 0.1) is 6.92 Å². The van der Waals surface area contributed by atoms with Gasteiger partial charge in [-0.05, 0) is 42.7 Å². The number of benzene rings is 2. The van der Waals surface area contributed by atoms with E-state index in [4.69, 9.17) is 0 Å². The zero-order valence-corrected chi connectivity index (χ0v) is 16.8. The molecule has 7 heteroatoms. The molecule has 0 unspecified atom stereocenters. The highest BCUT2D eigenvalue weighted by molar-refractivity contribution is 5.96. The predicted molar refractivity (Wildman–Crippen MR) is 115 cm³/mol. The molecule has 0 aliphatic carbocycles. The highest BCUT2D eigenvalue weighted by Gasteiger charge is 2.17. The maximum absolute atomic E-state index is 12.4. The van der Waals surface area contributed by atoms with E-state index in [1.54, 1.807) is 25.1 Å². The number of carboxylic acid groups (broad SMARTS) is 1. The van der Waals surface area contributed by atoms with E-state index in [9.17, 15) is 14.7 Å². The minimum atomic E-state index is -0.962. The maximum Gasteiger partial charge on any atom is 0.336 e. The highest BCUT2D eigenvalue weighted by Crippen LogP contribution is 2.26. The fourth-order valence-electron chi connectivity index (χ4n) is 3.61. The number of imidazole rings is 1. The van der Waals surface area contributed by atoms with Gasteiger partial charge in [0.15, 0.2) is 11.2 Å². The van der Waals surface area contributed by atoms with Gasteiger partial charge in [-0.2, -0.15) is 0 Å². The van der Waals surface area contributed by atoms with Crippen LogP contribution in [-0.4, -0.2) is 30.6 Å². The third-order valence-electron chi connectivity index (χ3n) is 5.05. The van der Waals surface area contributed by atoms with E-state index < -0.39 is 5.97 Å². The van der Waals surface area contributed by atoms with Crippen molar-refractivity contribution < 1.29 is 9.90 Å². The predicted octanol–water partition coefficient (Wildman–Crippen LogP) is 4.13. The third kappa shape index (κ3) is 3.50. The van der Waals surface area contributed by atoms with Crippen LogP contribution in [0.15, 0.2) is 53.3 Å². The van der Waals surface area contributed by atoms with Crippen LogP contribution in [0.25, 0.3) is 28.0 Å². The lowest BCUT2D eigenvalue weighted by molar-refractivity contribution is 0.0697. The number of nitrogens with one attached hydrogen (secondary N) is 1. The molecule has 0 saturated carbocycles. The molecule has 152 valence electrons. The van der Waals surface area contributed by atoms with Gasteiger partial charge in [0.25, 0.3) is 5.56 Å². The molecule has 2 aromatic heterocycles. The molecule has 2 heterocycles. The molecule has 0 atom stereocenters. The van der Waals surface area contributed by atoms with E-state index in [1.807, 2.05) is 34.9 Å². The summed E-state index contributed by atoms with van der Waals surface area (Å²) in [6.07, 6.45) is 2.69. The number of carbonyl (C=O) groups is 1. The number of carboxylic acids is 1. The maximum atomic E-state index is 12.4. The number of nitrogens with zero attached hydrogens (tertiary/aromatic N) is 3. The molecule has 0 fully saturated rings. The summed E-state index contributed by atoms with van der Waals surface area (Å²) in [6, 6.07) is 14.5. The average molecular weight is 402 g/mol. The highest BCUT2D eigenvalue weighted by atomic mass is 16.4. The molecule has 0 spiro atoms. The largest absolute Gasteiger partial charge is 0.478 e. The second-order valence-corrected chi connectivity index (χ2v) is 7.19. The van der Waals surface area contributed by atoms with Crippen LogP contribution in [0.3, 0.4) is 0 Å². The van der Waals surface area contributed by atoms with E-state index in [-0.39, 0.29) is 11.1 Å². The number of aromatic carboxylic acids is 1. The second-order valence-electron chi connectivity index (χ2n) is 7.19. The number of hydrogen-bond donors (Lipinski definition) is 2. The Hall–Kier alpha value is -3.74. The van der Waals surface area contributed by atoms with Crippen molar-refractivity contribution in [2.45, 2.75) is 33.1 Å². The summed E-state index contributed by atoms with van der Waals surface area (Å²) in [6.45, 7) is 3.85. The molecule has 0 saturated heterocycles. The monoisotopic (exact) mass is 402 g/mol. The molecule has 2 N–H and O–H groups in total. The first-order chi connectivity index (χ1) is 14.5. The molecular formula is C23H22N4O3. The van der Waals surface area contributed by atoms with Crippen molar-refractivity contribution in [2.24, 2.45) is 0 Å². The van der Waals surface area contributed by atoms with E-state index in [2.05, 4.69) is 21.9 Å². The molecule has 30 heavy (non-hydrogen) atoms. The topological polar surface area (TPSA) is 101 Å². The fourth-order valence-corrected chi connectivity index (χ4v) is 3.61. The van der Waals surface area contributed by atoms with Crippen molar-refractivity contribution in [3.63, 3.8) is 0 Å². The van der Waals surface area contributed by atoms with Crippen molar-refractivity contribution >= 4 is 17.1 Å². The normalized spacial score (nSPS) is 11.1. The first-order valence-electron chi connectivity index (χ1n) is 9.91. The molecule has 0 aliphatic heterocycles. The van der Waals surface area contributed by atoms with Gasteiger partial charge in [-0.25, -0.2) is 14.8 Å². The number of H-pyrrole nitrogens is 1. The number of aromatic nitrogens is 4. The summed E-state index contributed by atoms with van der Waals surface area (Å²) in [5, 5.41) is 9.47. The lowest BCUT2D eigenvalue weighted by Crippen LogP contribution is -2.10. The number of hydrogen-bond acceptors (Lipinski definition) is 4. The molecule has 2 aromatic carbocycles. The van der Waals surface area contributed by atoms with Gasteiger partial charge in [-0.15, -0.1) is 0 Å². The van der Waals surface area contributed by atoms with Gasteiger partial charge >= 0.3 is 5.97 Å². The zero-order chi connectivity index (χ0) is 21.3. The first kappa shape index (κ1) is 19.6. The Morgan fingerprint density at radius 3 is 2.53 bits per heavy atom. The molecule has 4 aromatic rings. The Morgan fingerprint density at radius 2 is 1.83 bits per heavy atom. The van der Waals surface area contributed by atoms with Gasteiger partial charge in [0.1, 0.15) is 11.6 Å². The number of rotatable bonds is 6.